The highest BCUT2D eigenvalue weighted by Crippen LogP contribution is 2.16. The molecule has 7 heteroatoms. The maximum atomic E-state index is 5.03. The third kappa shape index (κ3) is 1.13. The van der Waals surface area contributed by atoms with Crippen molar-refractivity contribution >= 4 is 5.78 Å². The second kappa shape index (κ2) is 2.85. The summed E-state index contributed by atoms with van der Waals surface area (Å²) in [4.78, 5) is 3.99. The summed E-state index contributed by atoms with van der Waals surface area (Å²) in [5.74, 6) is 1.24. The predicted molar refractivity (Wildman–Crippen MR) is 41.7 cm³/mol. The van der Waals surface area contributed by atoms with Crippen LogP contribution in [-0.4, -0.2) is 39.2 Å². The summed E-state index contributed by atoms with van der Waals surface area (Å²) in [6, 6.07) is 1.60. The van der Waals surface area contributed by atoms with Crippen LogP contribution in [0.1, 0.15) is 0 Å². The zero-order valence-corrected chi connectivity index (χ0v) is 7.13. The molecule has 2 rings (SSSR count). The zero-order valence-electron chi connectivity index (χ0n) is 7.13. The Balaban J connectivity index is 2.70. The molecule has 0 spiro atoms. The van der Waals surface area contributed by atoms with Gasteiger partial charge in [-0.3, -0.25) is 0 Å². The van der Waals surface area contributed by atoms with Crippen molar-refractivity contribution in [2.75, 3.05) is 14.2 Å². The number of hydrogen-bond acceptors (Lipinski definition) is 6. The van der Waals surface area contributed by atoms with Crippen LogP contribution >= 0.6 is 0 Å². The summed E-state index contributed by atoms with van der Waals surface area (Å²) >= 11 is 0. The molecule has 68 valence electrons. The van der Waals surface area contributed by atoms with E-state index in [0.29, 0.717) is 17.5 Å². The lowest BCUT2D eigenvalue weighted by molar-refractivity contribution is 0.364. The minimum absolute atomic E-state index is 0.344. The number of tetrazole rings is 1. The molecule has 0 fully saturated rings. The van der Waals surface area contributed by atoms with E-state index in [9.17, 15) is 0 Å². The van der Waals surface area contributed by atoms with E-state index in [-0.39, 0.29) is 0 Å². The van der Waals surface area contributed by atoms with Crippen LogP contribution in [0.15, 0.2) is 6.07 Å². The smallest absolute Gasteiger partial charge is 0.279 e. The number of aromatic nitrogens is 5. The van der Waals surface area contributed by atoms with Crippen molar-refractivity contribution in [3.63, 3.8) is 0 Å². The van der Waals surface area contributed by atoms with E-state index in [2.05, 4.69) is 20.5 Å². The number of methoxy groups -OCH3 is 2. The van der Waals surface area contributed by atoms with Gasteiger partial charge in [0.2, 0.25) is 11.8 Å². The molecule has 0 amide bonds. The largest absolute Gasteiger partial charge is 0.481 e. The van der Waals surface area contributed by atoms with Crippen molar-refractivity contribution in [1.82, 2.24) is 25.0 Å². The van der Waals surface area contributed by atoms with E-state index in [1.165, 1.54) is 18.7 Å². The standard InChI is InChI=1S/C6H7N5O2/c1-12-4-3-5(13-2)11-6(7-4)8-9-10-11/h3H,1-2H3. The Morgan fingerprint density at radius 2 is 2.15 bits per heavy atom. The highest BCUT2D eigenvalue weighted by atomic mass is 16.5. The molecule has 0 atom stereocenters. The average Bonchev–Trinajstić information content (AvgIpc) is 2.63. The fraction of sp³-hybridized carbons (Fsp3) is 0.333. The van der Waals surface area contributed by atoms with Gasteiger partial charge in [0.15, 0.2) is 0 Å². The first-order chi connectivity index (χ1) is 6.35. The van der Waals surface area contributed by atoms with Crippen LogP contribution in [0.2, 0.25) is 0 Å². The molecular weight excluding hydrogens is 174 g/mol. The predicted octanol–water partition coefficient (Wildman–Crippen LogP) is -0.464. The van der Waals surface area contributed by atoms with E-state index in [0.717, 1.165) is 0 Å². The molecule has 0 bridgehead atoms. The SMILES string of the molecule is COc1cc(OC)n2nnnc2n1. The van der Waals surface area contributed by atoms with Crippen molar-refractivity contribution in [1.29, 1.82) is 0 Å². The first kappa shape index (κ1) is 7.71. The van der Waals surface area contributed by atoms with Gasteiger partial charge in [-0.05, 0) is 10.4 Å². The van der Waals surface area contributed by atoms with E-state index < -0.39 is 0 Å². The minimum atomic E-state index is 0.344. The molecular formula is C6H7N5O2. The molecule has 0 N–H and O–H groups in total. The molecule has 0 aliphatic heterocycles. The van der Waals surface area contributed by atoms with Crippen LogP contribution in [-0.2, 0) is 0 Å². The average molecular weight is 181 g/mol. The Morgan fingerprint density at radius 3 is 2.85 bits per heavy atom. The van der Waals surface area contributed by atoms with Gasteiger partial charge >= 0.3 is 0 Å². The number of ether oxygens (including phenoxy) is 2. The van der Waals surface area contributed by atoms with Crippen LogP contribution in [0.3, 0.4) is 0 Å². The van der Waals surface area contributed by atoms with Crippen LogP contribution < -0.4 is 9.47 Å². The second-order valence-corrected chi connectivity index (χ2v) is 2.23. The van der Waals surface area contributed by atoms with Crippen LogP contribution in [0.4, 0.5) is 0 Å². The third-order valence-corrected chi connectivity index (χ3v) is 1.54. The fourth-order valence-electron chi connectivity index (χ4n) is 0.942. The fourth-order valence-corrected chi connectivity index (χ4v) is 0.942. The van der Waals surface area contributed by atoms with E-state index in [4.69, 9.17) is 9.47 Å². The molecule has 7 nitrogen and oxygen atoms in total. The molecule has 0 aromatic carbocycles. The minimum Gasteiger partial charge on any atom is -0.481 e. The summed E-state index contributed by atoms with van der Waals surface area (Å²) in [5.41, 5.74) is 0. The summed E-state index contributed by atoms with van der Waals surface area (Å²) in [6.07, 6.45) is 0. The van der Waals surface area contributed by atoms with Gasteiger partial charge in [0.25, 0.3) is 5.78 Å². The lowest BCUT2D eigenvalue weighted by atomic mass is 10.6. The Morgan fingerprint density at radius 1 is 1.31 bits per heavy atom. The summed E-state index contributed by atoms with van der Waals surface area (Å²) in [6.45, 7) is 0. The van der Waals surface area contributed by atoms with Gasteiger partial charge in [-0.2, -0.15) is 4.98 Å². The van der Waals surface area contributed by atoms with Gasteiger partial charge in [-0.1, -0.05) is 5.10 Å². The molecule has 0 saturated carbocycles. The Kier molecular flexibility index (Phi) is 1.69. The van der Waals surface area contributed by atoms with Gasteiger partial charge < -0.3 is 9.47 Å². The maximum absolute atomic E-state index is 5.03. The second-order valence-electron chi connectivity index (χ2n) is 2.23. The summed E-state index contributed by atoms with van der Waals surface area (Å²) in [5, 5.41) is 10.8. The van der Waals surface area contributed by atoms with Crippen molar-refractivity contribution in [2.45, 2.75) is 0 Å². The normalized spacial score (nSPS) is 10.3. The number of nitrogens with zero attached hydrogens (tertiary/aromatic N) is 5. The number of rotatable bonds is 2. The van der Waals surface area contributed by atoms with Gasteiger partial charge in [0, 0.05) is 0 Å². The summed E-state index contributed by atoms with van der Waals surface area (Å²) < 4.78 is 11.3. The molecule has 0 aliphatic rings. The lowest BCUT2D eigenvalue weighted by Crippen LogP contribution is -1.99. The van der Waals surface area contributed by atoms with Crippen LogP contribution in [0, 0.1) is 0 Å². The molecule has 0 saturated heterocycles. The van der Waals surface area contributed by atoms with Crippen molar-refractivity contribution in [3.05, 3.63) is 6.07 Å². The van der Waals surface area contributed by atoms with Crippen molar-refractivity contribution in [2.24, 2.45) is 0 Å². The Bertz CT molecular complexity index is 426. The number of hydrogen-bond donors (Lipinski definition) is 0. The Labute approximate surface area is 73.3 Å². The number of fused-ring (bicyclic) bond motifs is 1. The lowest BCUT2D eigenvalue weighted by Gasteiger charge is -2.02. The Hall–Kier alpha value is -1.92. The molecule has 0 unspecified atom stereocenters. The van der Waals surface area contributed by atoms with Gasteiger partial charge in [0.05, 0.1) is 20.3 Å². The van der Waals surface area contributed by atoms with Gasteiger partial charge in [-0.15, -0.1) is 4.52 Å². The molecule has 0 aliphatic carbocycles. The van der Waals surface area contributed by atoms with E-state index >= 15 is 0 Å². The highest BCUT2D eigenvalue weighted by Gasteiger charge is 2.07. The molecule has 0 radical (unpaired) electrons. The zero-order chi connectivity index (χ0) is 9.26. The quantitative estimate of drug-likeness (QED) is 0.623. The molecule has 2 aromatic heterocycles. The van der Waals surface area contributed by atoms with Crippen LogP contribution in [0.25, 0.3) is 5.78 Å². The van der Waals surface area contributed by atoms with E-state index in [1.807, 2.05) is 0 Å². The van der Waals surface area contributed by atoms with Crippen LogP contribution in [0.5, 0.6) is 11.8 Å². The highest BCUT2D eigenvalue weighted by molar-refractivity contribution is 5.34. The van der Waals surface area contributed by atoms with E-state index in [1.54, 1.807) is 6.07 Å². The molecule has 2 heterocycles. The first-order valence-electron chi connectivity index (χ1n) is 3.52. The van der Waals surface area contributed by atoms with Gasteiger partial charge in [0.1, 0.15) is 0 Å². The van der Waals surface area contributed by atoms with Crippen molar-refractivity contribution < 1.29 is 9.47 Å². The van der Waals surface area contributed by atoms with Crippen molar-refractivity contribution in [3.8, 4) is 11.8 Å². The molecule has 13 heavy (non-hydrogen) atoms. The summed E-state index contributed by atoms with van der Waals surface area (Å²) in [7, 11) is 3.04. The maximum Gasteiger partial charge on any atom is 0.279 e. The first-order valence-corrected chi connectivity index (χ1v) is 3.52. The monoisotopic (exact) mass is 181 g/mol. The molecule has 2 aromatic rings. The van der Waals surface area contributed by atoms with Gasteiger partial charge in [-0.25, -0.2) is 0 Å². The third-order valence-electron chi connectivity index (χ3n) is 1.54. The topological polar surface area (TPSA) is 74.4 Å².